The molecule has 0 radical (unpaired) electrons. The van der Waals surface area contributed by atoms with Gasteiger partial charge in [0.25, 0.3) is 0 Å². The maximum atomic E-state index is 14.0. The minimum Gasteiger partial charge on any atom is -0.466 e. The van der Waals surface area contributed by atoms with Crippen LogP contribution in [0.2, 0.25) is 0 Å². The number of carbonyl (C=O) groups excluding carboxylic acids is 3. The highest BCUT2D eigenvalue weighted by Crippen LogP contribution is 2.52. The van der Waals surface area contributed by atoms with Gasteiger partial charge in [0, 0.05) is 36.6 Å². The van der Waals surface area contributed by atoms with Crippen LogP contribution in [0.1, 0.15) is 69.1 Å². The summed E-state index contributed by atoms with van der Waals surface area (Å²) in [5.41, 5.74) is 8.73. The molecule has 2 atom stereocenters. The van der Waals surface area contributed by atoms with Crippen LogP contribution in [0.5, 0.6) is 0 Å². The molecule has 2 heterocycles. The zero-order valence-corrected chi connectivity index (χ0v) is 24.0. The minimum atomic E-state index is -1.17. The van der Waals surface area contributed by atoms with E-state index in [1.165, 1.54) is 23.3 Å². The molecule has 1 aromatic heterocycles. The van der Waals surface area contributed by atoms with Gasteiger partial charge in [0.15, 0.2) is 0 Å². The van der Waals surface area contributed by atoms with Crippen molar-refractivity contribution in [3.63, 3.8) is 0 Å². The Bertz CT molecular complexity index is 1450. The number of aromatic amines is 1. The standard InChI is InChI=1S/C32H39FN4O4/c1-4-41-28(38)16-20-18-32(25-8-6-5-7-23(20)25)11-13-37(14-12-32)29(39)27(36-30(40)31(2,3)34)15-21-19-35-26-10-9-22(33)17-24(21)26/h5-10,17,19-20,27,35H,4,11-16,18,34H2,1-3H3,(H,36,40)/t20-,27-/m1/s1. The molecular weight excluding hydrogens is 523 g/mol. The zero-order valence-electron chi connectivity index (χ0n) is 24.0. The molecule has 0 bridgehead atoms. The average Bonchev–Trinajstić information content (AvgIpc) is 3.46. The van der Waals surface area contributed by atoms with Gasteiger partial charge in [0.2, 0.25) is 11.8 Å². The number of ether oxygens (including phenoxy) is 1. The minimum absolute atomic E-state index is 0.0913. The molecule has 218 valence electrons. The lowest BCUT2D eigenvalue weighted by Gasteiger charge is -2.41. The van der Waals surface area contributed by atoms with Crippen molar-refractivity contribution in [2.24, 2.45) is 5.73 Å². The Labute approximate surface area is 239 Å². The third-order valence-corrected chi connectivity index (χ3v) is 8.70. The number of piperidine rings is 1. The van der Waals surface area contributed by atoms with E-state index in [1.54, 1.807) is 26.1 Å². The highest BCUT2D eigenvalue weighted by Gasteiger charge is 2.47. The first-order chi connectivity index (χ1) is 19.5. The van der Waals surface area contributed by atoms with Gasteiger partial charge in [-0.3, -0.25) is 14.4 Å². The van der Waals surface area contributed by atoms with Gasteiger partial charge >= 0.3 is 5.97 Å². The second kappa shape index (κ2) is 11.3. The van der Waals surface area contributed by atoms with Gasteiger partial charge in [0.1, 0.15) is 11.9 Å². The summed E-state index contributed by atoms with van der Waals surface area (Å²) in [4.78, 5) is 44.1. The van der Waals surface area contributed by atoms with Crippen LogP contribution < -0.4 is 11.1 Å². The van der Waals surface area contributed by atoms with E-state index < -0.39 is 17.5 Å². The van der Waals surface area contributed by atoms with E-state index in [-0.39, 0.29) is 35.4 Å². The fraction of sp³-hybridized carbons (Fsp3) is 0.469. The first-order valence-corrected chi connectivity index (χ1v) is 14.4. The second-order valence-corrected chi connectivity index (χ2v) is 12.1. The van der Waals surface area contributed by atoms with Crippen molar-refractivity contribution in [3.05, 3.63) is 71.2 Å². The quantitative estimate of drug-likeness (QED) is 0.358. The number of rotatable bonds is 8. The van der Waals surface area contributed by atoms with Crippen LogP contribution in [-0.2, 0) is 31.0 Å². The zero-order chi connectivity index (χ0) is 29.4. The number of nitrogens with two attached hydrogens (primary N) is 1. The Hall–Kier alpha value is -3.72. The van der Waals surface area contributed by atoms with Gasteiger partial charge in [-0.2, -0.15) is 0 Å². The third kappa shape index (κ3) is 5.86. The summed E-state index contributed by atoms with van der Waals surface area (Å²) in [6.45, 7) is 6.43. The normalized spacial score (nSPS) is 18.8. The summed E-state index contributed by atoms with van der Waals surface area (Å²) < 4.78 is 19.3. The van der Waals surface area contributed by atoms with Crippen LogP contribution in [-0.4, -0.2) is 58.9 Å². The van der Waals surface area contributed by atoms with Gasteiger partial charge in [-0.05, 0) is 86.3 Å². The summed E-state index contributed by atoms with van der Waals surface area (Å²) in [6.07, 6.45) is 4.68. The number of hydrogen-bond donors (Lipinski definition) is 3. The second-order valence-electron chi connectivity index (χ2n) is 12.1. The predicted molar refractivity (Wildman–Crippen MR) is 155 cm³/mol. The van der Waals surface area contributed by atoms with Crippen molar-refractivity contribution < 1.29 is 23.5 Å². The van der Waals surface area contributed by atoms with Crippen LogP contribution in [0.25, 0.3) is 10.9 Å². The average molecular weight is 563 g/mol. The van der Waals surface area contributed by atoms with Gasteiger partial charge in [0.05, 0.1) is 18.6 Å². The van der Waals surface area contributed by atoms with Gasteiger partial charge in [-0.25, -0.2) is 4.39 Å². The predicted octanol–water partition coefficient (Wildman–Crippen LogP) is 4.07. The van der Waals surface area contributed by atoms with Gasteiger partial charge < -0.3 is 25.7 Å². The number of nitrogens with one attached hydrogen (secondary N) is 2. The number of hydrogen-bond acceptors (Lipinski definition) is 5. The highest BCUT2D eigenvalue weighted by molar-refractivity contribution is 5.92. The summed E-state index contributed by atoms with van der Waals surface area (Å²) in [5.74, 6) is -1.07. The number of aromatic nitrogens is 1. The first kappa shape index (κ1) is 28.8. The lowest BCUT2D eigenvalue weighted by molar-refractivity contribution is -0.143. The lowest BCUT2D eigenvalue weighted by atomic mass is 9.73. The molecule has 2 aliphatic rings. The number of benzene rings is 2. The van der Waals surface area contributed by atoms with E-state index in [2.05, 4.69) is 22.4 Å². The highest BCUT2D eigenvalue weighted by atomic mass is 19.1. The topological polar surface area (TPSA) is 118 Å². The van der Waals surface area contributed by atoms with Crippen molar-refractivity contribution in [2.75, 3.05) is 19.7 Å². The molecule has 1 spiro atoms. The molecule has 2 aromatic carbocycles. The van der Waals surface area contributed by atoms with Gasteiger partial charge in [-0.15, -0.1) is 0 Å². The number of amides is 2. The van der Waals surface area contributed by atoms with Crippen molar-refractivity contribution in [1.29, 1.82) is 0 Å². The molecule has 1 saturated heterocycles. The molecule has 2 amide bonds. The largest absolute Gasteiger partial charge is 0.466 e. The molecule has 5 rings (SSSR count). The Morgan fingerprint density at radius 2 is 1.93 bits per heavy atom. The SMILES string of the molecule is CCOC(=O)C[C@@H]1CC2(CCN(C(=O)[C@@H](Cc3c[nH]c4ccc(F)cc34)NC(=O)C(C)(C)N)CC2)c2ccccc21. The first-order valence-electron chi connectivity index (χ1n) is 14.4. The number of likely N-dealkylation sites (tertiary alicyclic amines) is 1. The van der Waals surface area contributed by atoms with Gasteiger partial charge in [-0.1, -0.05) is 24.3 Å². The molecule has 1 fully saturated rings. The Kier molecular flexibility index (Phi) is 7.92. The van der Waals surface area contributed by atoms with E-state index in [9.17, 15) is 18.8 Å². The summed E-state index contributed by atoms with van der Waals surface area (Å²) in [6, 6.07) is 11.9. The van der Waals surface area contributed by atoms with E-state index in [1.807, 2.05) is 24.0 Å². The van der Waals surface area contributed by atoms with Crippen LogP contribution >= 0.6 is 0 Å². The van der Waals surface area contributed by atoms with Crippen molar-refractivity contribution >= 4 is 28.7 Å². The van der Waals surface area contributed by atoms with Crippen molar-refractivity contribution in [1.82, 2.24) is 15.2 Å². The molecular formula is C32H39FN4O4. The maximum Gasteiger partial charge on any atom is 0.306 e. The molecule has 4 N–H and O–H groups in total. The molecule has 0 unspecified atom stereocenters. The Balaban J connectivity index is 1.34. The number of esters is 1. The molecule has 8 nitrogen and oxygen atoms in total. The van der Waals surface area contributed by atoms with Crippen LogP contribution in [0.3, 0.4) is 0 Å². The number of nitrogens with zero attached hydrogens (tertiary/aromatic N) is 1. The summed E-state index contributed by atoms with van der Waals surface area (Å²) in [5, 5.41) is 3.55. The van der Waals surface area contributed by atoms with E-state index in [0.717, 1.165) is 30.3 Å². The molecule has 9 heteroatoms. The summed E-state index contributed by atoms with van der Waals surface area (Å²) in [7, 11) is 0. The number of halogens is 1. The summed E-state index contributed by atoms with van der Waals surface area (Å²) >= 11 is 0. The van der Waals surface area contributed by atoms with Crippen molar-refractivity contribution in [3.8, 4) is 0 Å². The fourth-order valence-electron chi connectivity index (χ4n) is 6.56. The number of H-pyrrole nitrogens is 1. The van der Waals surface area contributed by atoms with E-state index >= 15 is 0 Å². The Morgan fingerprint density at radius 1 is 1.20 bits per heavy atom. The van der Waals surface area contributed by atoms with E-state index in [4.69, 9.17) is 10.5 Å². The van der Waals surface area contributed by atoms with E-state index in [0.29, 0.717) is 31.5 Å². The van der Waals surface area contributed by atoms with Crippen LogP contribution in [0, 0.1) is 5.82 Å². The number of fused-ring (bicyclic) bond motifs is 3. The van der Waals surface area contributed by atoms with Crippen LogP contribution in [0.15, 0.2) is 48.7 Å². The molecule has 1 aliphatic carbocycles. The van der Waals surface area contributed by atoms with Crippen LogP contribution in [0.4, 0.5) is 4.39 Å². The van der Waals surface area contributed by atoms with Crippen molar-refractivity contribution in [2.45, 2.75) is 75.8 Å². The monoisotopic (exact) mass is 562 g/mol. The molecule has 0 saturated carbocycles. The lowest BCUT2D eigenvalue weighted by Crippen LogP contribution is -2.58. The molecule has 3 aromatic rings. The fourth-order valence-corrected chi connectivity index (χ4v) is 6.56. The molecule has 41 heavy (non-hydrogen) atoms. The number of carbonyl (C=O) groups is 3. The molecule has 1 aliphatic heterocycles. The Morgan fingerprint density at radius 3 is 2.63 bits per heavy atom. The third-order valence-electron chi connectivity index (χ3n) is 8.70. The maximum absolute atomic E-state index is 14.0. The smallest absolute Gasteiger partial charge is 0.306 e.